The first kappa shape index (κ1) is 18.5. The van der Waals surface area contributed by atoms with Gasteiger partial charge in [-0.1, -0.05) is 23.9 Å². The topological polar surface area (TPSA) is 90.6 Å². The predicted octanol–water partition coefficient (Wildman–Crippen LogP) is 2.79. The fourth-order valence-corrected chi connectivity index (χ4v) is 3.75. The van der Waals surface area contributed by atoms with Crippen molar-refractivity contribution in [1.82, 2.24) is 19.9 Å². The van der Waals surface area contributed by atoms with Crippen LogP contribution in [0, 0.1) is 0 Å². The molecule has 3 aromatic rings. The first-order chi connectivity index (χ1) is 13.7. The highest BCUT2D eigenvalue weighted by Crippen LogP contribution is 2.24. The molecule has 0 unspecified atom stereocenters. The van der Waals surface area contributed by atoms with Crippen molar-refractivity contribution in [2.45, 2.75) is 24.2 Å². The number of carbonyl (C=O) groups excluding carboxylic acids is 1. The molecule has 1 aliphatic rings. The molecule has 3 heterocycles. The lowest BCUT2D eigenvalue weighted by Gasteiger charge is -2.31. The van der Waals surface area contributed by atoms with E-state index in [9.17, 15) is 4.79 Å². The minimum absolute atomic E-state index is 0.0216. The Kier molecular flexibility index (Phi) is 5.61. The molecule has 0 saturated carbocycles. The molecule has 0 N–H and O–H groups in total. The Balaban J connectivity index is 1.25. The van der Waals surface area contributed by atoms with Crippen LogP contribution in [-0.2, 0) is 4.79 Å². The molecule has 1 aromatic carbocycles. The van der Waals surface area contributed by atoms with Gasteiger partial charge in [0, 0.05) is 38.2 Å². The molecule has 146 valence electrons. The summed E-state index contributed by atoms with van der Waals surface area (Å²) in [6, 6.07) is 9.55. The van der Waals surface area contributed by atoms with E-state index in [1.54, 1.807) is 12.3 Å². The largest absolute Gasteiger partial charge is 0.474 e. The first-order valence-corrected chi connectivity index (χ1v) is 9.99. The summed E-state index contributed by atoms with van der Waals surface area (Å²) in [6.45, 7) is 1.31. The molecule has 0 atom stereocenters. The number of thioether (sulfide) groups is 1. The van der Waals surface area contributed by atoms with Crippen molar-refractivity contribution < 1.29 is 18.7 Å². The fraction of sp³-hybridized carbons (Fsp3) is 0.368. The van der Waals surface area contributed by atoms with Crippen LogP contribution in [0.1, 0.15) is 12.8 Å². The number of hydrogen-bond donors (Lipinski definition) is 0. The first-order valence-electron chi connectivity index (χ1n) is 9.01. The quantitative estimate of drug-likeness (QED) is 0.584. The van der Waals surface area contributed by atoms with Crippen LogP contribution in [0.15, 0.2) is 46.2 Å². The van der Waals surface area contributed by atoms with Crippen LogP contribution in [0.5, 0.6) is 11.9 Å². The number of fused-ring (bicyclic) bond motifs is 1. The van der Waals surface area contributed by atoms with Crippen molar-refractivity contribution >= 4 is 28.8 Å². The van der Waals surface area contributed by atoms with Crippen LogP contribution in [0.3, 0.4) is 0 Å². The second kappa shape index (κ2) is 8.47. The molecule has 8 nitrogen and oxygen atoms in total. The van der Waals surface area contributed by atoms with Gasteiger partial charge in [-0.25, -0.2) is 9.97 Å². The number of likely N-dealkylation sites (tertiary alicyclic amines) is 1. The maximum atomic E-state index is 12.5. The SMILES string of the molecule is COc1nccc(OC2CCN(C(=O)CSc3nc4ccccc4o3)CC2)n1. The van der Waals surface area contributed by atoms with Crippen LogP contribution in [-0.4, -0.2) is 57.8 Å². The summed E-state index contributed by atoms with van der Waals surface area (Å²) < 4.78 is 16.5. The van der Waals surface area contributed by atoms with Gasteiger partial charge in [0.25, 0.3) is 5.22 Å². The van der Waals surface area contributed by atoms with Crippen LogP contribution >= 0.6 is 11.8 Å². The van der Waals surface area contributed by atoms with Gasteiger partial charge in [0.2, 0.25) is 11.8 Å². The van der Waals surface area contributed by atoms with Crippen molar-refractivity contribution in [3.63, 3.8) is 0 Å². The van der Waals surface area contributed by atoms with Crippen LogP contribution < -0.4 is 9.47 Å². The molecule has 0 spiro atoms. The number of piperidine rings is 1. The molecule has 1 saturated heterocycles. The van der Waals surface area contributed by atoms with E-state index in [0.29, 0.717) is 29.9 Å². The van der Waals surface area contributed by atoms with Crippen LogP contribution in [0.4, 0.5) is 0 Å². The van der Waals surface area contributed by atoms with E-state index in [1.807, 2.05) is 29.2 Å². The summed E-state index contributed by atoms with van der Waals surface area (Å²) >= 11 is 1.32. The molecule has 9 heteroatoms. The minimum Gasteiger partial charge on any atom is -0.474 e. The van der Waals surface area contributed by atoms with Gasteiger partial charge in [-0.15, -0.1) is 0 Å². The molecule has 4 rings (SSSR count). The summed E-state index contributed by atoms with van der Waals surface area (Å²) in [5.41, 5.74) is 1.54. The standard InChI is InChI=1S/C19H20N4O4S/c1-25-18-20-9-6-16(22-18)26-13-7-10-23(11-8-13)17(24)12-28-19-21-14-4-2-3-5-15(14)27-19/h2-6,9,13H,7-8,10-12H2,1H3. The lowest BCUT2D eigenvalue weighted by Crippen LogP contribution is -2.42. The number of aromatic nitrogens is 3. The normalized spacial score (nSPS) is 15.0. The van der Waals surface area contributed by atoms with E-state index in [4.69, 9.17) is 13.9 Å². The number of nitrogens with zero attached hydrogens (tertiary/aromatic N) is 4. The third-order valence-electron chi connectivity index (χ3n) is 4.47. The summed E-state index contributed by atoms with van der Waals surface area (Å²) in [6.07, 6.45) is 3.13. The van der Waals surface area contributed by atoms with Gasteiger partial charge < -0.3 is 18.8 Å². The molecular weight excluding hydrogens is 380 g/mol. The molecular formula is C19H20N4O4S. The molecule has 0 radical (unpaired) electrons. The lowest BCUT2D eigenvalue weighted by atomic mass is 10.1. The Morgan fingerprint density at radius 2 is 2.07 bits per heavy atom. The number of ether oxygens (including phenoxy) is 2. The van der Waals surface area contributed by atoms with Gasteiger partial charge in [-0.2, -0.15) is 4.98 Å². The van der Waals surface area contributed by atoms with E-state index < -0.39 is 0 Å². The number of benzene rings is 1. The number of carbonyl (C=O) groups is 1. The van der Waals surface area contributed by atoms with Gasteiger partial charge in [0.05, 0.1) is 12.9 Å². The van der Waals surface area contributed by atoms with Gasteiger partial charge in [-0.05, 0) is 12.1 Å². The maximum Gasteiger partial charge on any atom is 0.319 e. The van der Waals surface area contributed by atoms with Crippen molar-refractivity contribution in [1.29, 1.82) is 0 Å². The average molecular weight is 400 g/mol. The second-order valence-corrected chi connectivity index (χ2v) is 7.24. The minimum atomic E-state index is 0.0216. The monoisotopic (exact) mass is 400 g/mol. The lowest BCUT2D eigenvalue weighted by molar-refractivity contribution is -0.130. The third kappa shape index (κ3) is 4.36. The number of hydrogen-bond acceptors (Lipinski definition) is 8. The zero-order valence-corrected chi connectivity index (χ0v) is 16.2. The number of amides is 1. The average Bonchev–Trinajstić information content (AvgIpc) is 3.16. The van der Waals surface area contributed by atoms with Crippen molar-refractivity contribution in [2.75, 3.05) is 26.0 Å². The Hall–Kier alpha value is -2.81. The second-order valence-electron chi connectivity index (χ2n) is 6.32. The number of rotatable bonds is 6. The van der Waals surface area contributed by atoms with Gasteiger partial charge in [-0.3, -0.25) is 4.79 Å². The summed E-state index contributed by atoms with van der Waals surface area (Å²) in [5, 5.41) is 0.519. The smallest absolute Gasteiger partial charge is 0.319 e. The summed E-state index contributed by atoms with van der Waals surface area (Å²) in [7, 11) is 1.52. The Morgan fingerprint density at radius 1 is 1.25 bits per heavy atom. The highest BCUT2D eigenvalue weighted by molar-refractivity contribution is 7.99. The molecule has 0 bridgehead atoms. The molecule has 1 aliphatic heterocycles. The maximum absolute atomic E-state index is 12.5. The number of para-hydroxylation sites is 2. The third-order valence-corrected chi connectivity index (χ3v) is 5.28. The summed E-state index contributed by atoms with van der Waals surface area (Å²) in [4.78, 5) is 26.9. The van der Waals surface area contributed by atoms with Crippen molar-refractivity contribution in [2.24, 2.45) is 0 Å². The zero-order chi connectivity index (χ0) is 19.3. The zero-order valence-electron chi connectivity index (χ0n) is 15.4. The summed E-state index contributed by atoms with van der Waals surface area (Å²) in [5.74, 6) is 0.874. The van der Waals surface area contributed by atoms with E-state index >= 15 is 0 Å². The van der Waals surface area contributed by atoms with E-state index in [0.717, 1.165) is 23.9 Å². The Labute approximate surface area is 166 Å². The van der Waals surface area contributed by atoms with Crippen LogP contribution in [0.25, 0.3) is 11.1 Å². The fourth-order valence-electron chi connectivity index (χ4n) is 3.01. The molecule has 2 aromatic heterocycles. The van der Waals surface area contributed by atoms with E-state index in [1.165, 1.54) is 18.9 Å². The molecule has 1 fully saturated rings. The predicted molar refractivity (Wildman–Crippen MR) is 104 cm³/mol. The highest BCUT2D eigenvalue weighted by Gasteiger charge is 2.24. The molecule has 1 amide bonds. The molecule has 28 heavy (non-hydrogen) atoms. The van der Waals surface area contributed by atoms with Crippen LogP contribution in [0.2, 0.25) is 0 Å². The van der Waals surface area contributed by atoms with Gasteiger partial charge in [0.1, 0.15) is 11.6 Å². The number of methoxy groups -OCH3 is 1. The highest BCUT2D eigenvalue weighted by atomic mass is 32.2. The van der Waals surface area contributed by atoms with Gasteiger partial charge in [0.15, 0.2) is 5.58 Å². The van der Waals surface area contributed by atoms with Gasteiger partial charge >= 0.3 is 6.01 Å². The Bertz CT molecular complexity index is 923. The van der Waals surface area contributed by atoms with Crippen molar-refractivity contribution in [3.05, 3.63) is 36.5 Å². The molecule has 0 aliphatic carbocycles. The van der Waals surface area contributed by atoms with Crippen molar-refractivity contribution in [3.8, 4) is 11.9 Å². The van der Waals surface area contributed by atoms with E-state index in [2.05, 4.69) is 15.0 Å². The van der Waals surface area contributed by atoms with E-state index in [-0.39, 0.29) is 18.0 Å². The number of oxazole rings is 1. The Morgan fingerprint density at radius 3 is 2.86 bits per heavy atom.